The summed E-state index contributed by atoms with van der Waals surface area (Å²) in [6, 6.07) is 10.8. The maximum Gasteiger partial charge on any atom is 0.255 e. The highest BCUT2D eigenvalue weighted by molar-refractivity contribution is 7.19. The molecule has 29 heavy (non-hydrogen) atoms. The minimum absolute atomic E-state index is 0.236. The number of ether oxygens (including phenoxy) is 1. The Balaban J connectivity index is 1.55. The van der Waals surface area contributed by atoms with E-state index in [0.29, 0.717) is 22.9 Å². The third-order valence-electron chi connectivity index (χ3n) is 4.36. The van der Waals surface area contributed by atoms with Crippen LogP contribution < -0.4 is 10.1 Å². The summed E-state index contributed by atoms with van der Waals surface area (Å²) >= 11 is 7.66. The molecule has 9 heteroatoms. The van der Waals surface area contributed by atoms with Crippen molar-refractivity contribution in [3.05, 3.63) is 58.4 Å². The van der Waals surface area contributed by atoms with Crippen LogP contribution in [0.4, 0.5) is 5.69 Å². The maximum absolute atomic E-state index is 12.6. The van der Waals surface area contributed by atoms with Crippen LogP contribution in [-0.4, -0.2) is 32.3 Å². The van der Waals surface area contributed by atoms with Gasteiger partial charge in [-0.3, -0.25) is 4.79 Å². The first-order valence-electron chi connectivity index (χ1n) is 9.00. The van der Waals surface area contributed by atoms with E-state index < -0.39 is 0 Å². The molecule has 0 aliphatic rings. The van der Waals surface area contributed by atoms with Gasteiger partial charge in [0, 0.05) is 16.8 Å². The summed E-state index contributed by atoms with van der Waals surface area (Å²) in [7, 11) is 0. The van der Waals surface area contributed by atoms with E-state index in [0.717, 1.165) is 32.6 Å². The van der Waals surface area contributed by atoms with E-state index >= 15 is 0 Å². The molecule has 0 bridgehead atoms. The van der Waals surface area contributed by atoms with Gasteiger partial charge in [0.05, 0.1) is 11.6 Å². The fraction of sp³-hybridized carbons (Fsp3) is 0.200. The number of halogens is 1. The monoisotopic (exact) mass is 427 g/mol. The van der Waals surface area contributed by atoms with Crippen molar-refractivity contribution < 1.29 is 9.53 Å². The molecule has 2 aromatic carbocycles. The number of benzene rings is 2. The Hall–Kier alpha value is -2.97. The zero-order valence-electron chi connectivity index (χ0n) is 16.1. The number of amides is 1. The van der Waals surface area contributed by atoms with Gasteiger partial charge in [-0.2, -0.15) is 9.61 Å². The van der Waals surface area contributed by atoms with Gasteiger partial charge in [-0.15, -0.1) is 10.2 Å². The van der Waals surface area contributed by atoms with E-state index in [1.165, 1.54) is 11.3 Å². The molecule has 1 amide bonds. The third-order valence-corrected chi connectivity index (χ3v) is 5.61. The maximum atomic E-state index is 12.6. The second-order valence-corrected chi connectivity index (χ2v) is 7.77. The Morgan fingerprint density at radius 1 is 1.21 bits per heavy atom. The second kappa shape index (κ2) is 7.81. The standard InChI is InChI=1S/C20H18ClN5O2S/c1-4-28-17-8-6-13(10-15(17)21)18(27)22-16-7-5-14(9-11(16)2)19-25-26-12(3)23-24-20(26)29-19/h5-10H,4H2,1-3H3,(H,22,27). The van der Waals surface area contributed by atoms with Crippen LogP contribution >= 0.6 is 22.9 Å². The lowest BCUT2D eigenvalue weighted by Gasteiger charge is -2.11. The number of carbonyl (C=O) groups is 1. The summed E-state index contributed by atoms with van der Waals surface area (Å²) in [6.07, 6.45) is 0. The predicted molar refractivity (Wildman–Crippen MR) is 114 cm³/mol. The topological polar surface area (TPSA) is 81.4 Å². The number of anilines is 1. The van der Waals surface area contributed by atoms with Crippen LogP contribution in [-0.2, 0) is 0 Å². The molecule has 2 aromatic heterocycles. The molecular weight excluding hydrogens is 410 g/mol. The zero-order chi connectivity index (χ0) is 20.5. The van der Waals surface area contributed by atoms with Gasteiger partial charge in [0.1, 0.15) is 10.8 Å². The first-order chi connectivity index (χ1) is 14.0. The van der Waals surface area contributed by atoms with Gasteiger partial charge in [-0.05, 0) is 62.7 Å². The van der Waals surface area contributed by atoms with Crippen molar-refractivity contribution in [2.45, 2.75) is 20.8 Å². The van der Waals surface area contributed by atoms with Gasteiger partial charge < -0.3 is 10.1 Å². The molecule has 2 heterocycles. The van der Waals surface area contributed by atoms with E-state index in [1.54, 1.807) is 22.7 Å². The van der Waals surface area contributed by atoms with Crippen molar-refractivity contribution in [1.29, 1.82) is 0 Å². The summed E-state index contributed by atoms with van der Waals surface area (Å²) in [5.41, 5.74) is 3.07. The first-order valence-corrected chi connectivity index (χ1v) is 10.2. The van der Waals surface area contributed by atoms with E-state index in [2.05, 4.69) is 20.6 Å². The Kier molecular flexibility index (Phi) is 5.21. The molecule has 0 spiro atoms. The van der Waals surface area contributed by atoms with Gasteiger partial charge in [0.25, 0.3) is 5.91 Å². The smallest absolute Gasteiger partial charge is 0.255 e. The van der Waals surface area contributed by atoms with Crippen molar-refractivity contribution in [2.75, 3.05) is 11.9 Å². The highest BCUT2D eigenvalue weighted by Crippen LogP contribution is 2.29. The number of nitrogens with zero attached hydrogens (tertiary/aromatic N) is 4. The number of carbonyl (C=O) groups excluding carboxylic acids is 1. The lowest BCUT2D eigenvalue weighted by molar-refractivity contribution is 0.102. The van der Waals surface area contributed by atoms with Crippen molar-refractivity contribution >= 4 is 39.5 Å². The molecule has 148 valence electrons. The number of rotatable bonds is 5. The van der Waals surface area contributed by atoms with Crippen LogP contribution in [0.1, 0.15) is 28.7 Å². The molecule has 4 rings (SSSR count). The fourth-order valence-electron chi connectivity index (χ4n) is 2.88. The summed E-state index contributed by atoms with van der Waals surface area (Å²) in [5, 5.41) is 16.8. The highest BCUT2D eigenvalue weighted by atomic mass is 35.5. The quantitative estimate of drug-likeness (QED) is 0.496. The molecule has 0 unspecified atom stereocenters. The third kappa shape index (κ3) is 3.81. The normalized spacial score (nSPS) is 11.0. The van der Waals surface area contributed by atoms with Crippen molar-refractivity contribution in [3.63, 3.8) is 0 Å². The Morgan fingerprint density at radius 3 is 2.72 bits per heavy atom. The minimum Gasteiger partial charge on any atom is -0.492 e. The second-order valence-electron chi connectivity index (χ2n) is 6.41. The van der Waals surface area contributed by atoms with Crippen LogP contribution in [0, 0.1) is 13.8 Å². The molecular formula is C20H18ClN5O2S. The molecule has 0 saturated heterocycles. The number of hydrogen-bond acceptors (Lipinski definition) is 6. The molecule has 0 aliphatic carbocycles. The lowest BCUT2D eigenvalue weighted by atomic mass is 10.1. The first kappa shape index (κ1) is 19.4. The minimum atomic E-state index is -0.236. The summed E-state index contributed by atoms with van der Waals surface area (Å²) in [6.45, 7) is 6.19. The van der Waals surface area contributed by atoms with Gasteiger partial charge in [0.2, 0.25) is 4.96 Å². The number of hydrogen-bond donors (Lipinski definition) is 1. The average molecular weight is 428 g/mol. The number of aromatic nitrogens is 4. The Morgan fingerprint density at radius 2 is 2.03 bits per heavy atom. The number of aryl methyl sites for hydroxylation is 2. The van der Waals surface area contributed by atoms with Crippen LogP contribution in [0.3, 0.4) is 0 Å². The molecule has 0 aliphatic heterocycles. The summed E-state index contributed by atoms with van der Waals surface area (Å²) < 4.78 is 7.13. The predicted octanol–water partition coefficient (Wildman–Crippen LogP) is 4.77. The van der Waals surface area contributed by atoms with Crippen LogP contribution in [0.5, 0.6) is 5.75 Å². The van der Waals surface area contributed by atoms with Crippen LogP contribution in [0.2, 0.25) is 5.02 Å². The zero-order valence-corrected chi connectivity index (χ0v) is 17.6. The van der Waals surface area contributed by atoms with Gasteiger partial charge in [0.15, 0.2) is 5.82 Å². The summed E-state index contributed by atoms with van der Waals surface area (Å²) in [5.74, 6) is 1.07. The fourth-order valence-corrected chi connectivity index (χ4v) is 3.99. The largest absolute Gasteiger partial charge is 0.492 e. The molecule has 0 radical (unpaired) electrons. The molecule has 1 N–H and O–H groups in total. The lowest BCUT2D eigenvalue weighted by Crippen LogP contribution is -2.13. The SMILES string of the molecule is CCOc1ccc(C(=O)Nc2ccc(-c3nn4c(C)nnc4s3)cc2C)cc1Cl. The highest BCUT2D eigenvalue weighted by Gasteiger charge is 2.14. The van der Waals surface area contributed by atoms with Crippen molar-refractivity contribution in [1.82, 2.24) is 19.8 Å². The average Bonchev–Trinajstić information content (AvgIpc) is 3.27. The molecule has 0 saturated carbocycles. The van der Waals surface area contributed by atoms with E-state index in [9.17, 15) is 4.79 Å². The van der Waals surface area contributed by atoms with E-state index in [4.69, 9.17) is 16.3 Å². The molecule has 4 aromatic rings. The van der Waals surface area contributed by atoms with Gasteiger partial charge in [-0.1, -0.05) is 22.9 Å². The molecule has 0 atom stereocenters. The Labute approximate surface area is 176 Å². The molecule has 0 fully saturated rings. The summed E-state index contributed by atoms with van der Waals surface area (Å²) in [4.78, 5) is 13.4. The van der Waals surface area contributed by atoms with E-state index in [-0.39, 0.29) is 5.91 Å². The van der Waals surface area contributed by atoms with Crippen LogP contribution in [0.15, 0.2) is 36.4 Å². The van der Waals surface area contributed by atoms with Gasteiger partial charge >= 0.3 is 0 Å². The van der Waals surface area contributed by atoms with Gasteiger partial charge in [-0.25, -0.2) is 0 Å². The van der Waals surface area contributed by atoms with E-state index in [1.807, 2.05) is 39.0 Å². The number of fused-ring (bicyclic) bond motifs is 1. The Bertz CT molecular complexity index is 1220. The molecule has 7 nitrogen and oxygen atoms in total. The van der Waals surface area contributed by atoms with Crippen LogP contribution in [0.25, 0.3) is 15.5 Å². The number of nitrogens with one attached hydrogen (secondary N) is 1. The van der Waals surface area contributed by atoms with Crippen molar-refractivity contribution in [2.24, 2.45) is 0 Å². The van der Waals surface area contributed by atoms with Crippen molar-refractivity contribution in [3.8, 4) is 16.3 Å².